The highest BCUT2D eigenvalue weighted by Crippen LogP contribution is 2.24. The number of rotatable bonds is 6. The highest BCUT2D eigenvalue weighted by Gasteiger charge is 2.15. The quantitative estimate of drug-likeness (QED) is 0.880. The van der Waals surface area contributed by atoms with Gasteiger partial charge in [-0.25, -0.2) is 4.98 Å². The Labute approximate surface area is 128 Å². The van der Waals surface area contributed by atoms with Crippen LogP contribution in [0.25, 0.3) is 0 Å². The lowest BCUT2D eigenvalue weighted by atomic mass is 10.0. The molecule has 0 aliphatic rings. The van der Waals surface area contributed by atoms with E-state index in [-0.39, 0.29) is 6.04 Å². The lowest BCUT2D eigenvalue weighted by Crippen LogP contribution is -2.25. The third-order valence-corrected chi connectivity index (χ3v) is 4.29. The second-order valence-corrected chi connectivity index (χ2v) is 5.87. The van der Waals surface area contributed by atoms with E-state index >= 15 is 0 Å². The molecule has 1 N–H and O–H groups in total. The van der Waals surface area contributed by atoms with Gasteiger partial charge < -0.3 is 5.32 Å². The van der Waals surface area contributed by atoms with Crippen LogP contribution in [-0.4, -0.2) is 21.3 Å². The first-order chi connectivity index (χ1) is 9.61. The Morgan fingerprint density at radius 2 is 2.20 bits per heavy atom. The second-order valence-electron chi connectivity index (χ2n) is 5.02. The van der Waals surface area contributed by atoms with Gasteiger partial charge in [0.25, 0.3) is 0 Å². The molecule has 5 heteroatoms. The Morgan fingerprint density at radius 1 is 1.40 bits per heavy atom. The predicted octanol–water partition coefficient (Wildman–Crippen LogP) is 3.17. The van der Waals surface area contributed by atoms with Gasteiger partial charge in [-0.1, -0.05) is 35.0 Å². The molecule has 1 heterocycles. The lowest BCUT2D eigenvalue weighted by molar-refractivity contribution is 0.506. The third-order valence-electron chi connectivity index (χ3n) is 3.43. The Hall–Kier alpha value is -1.20. The monoisotopic (exact) mass is 336 g/mol. The van der Waals surface area contributed by atoms with Crippen LogP contribution in [0.4, 0.5) is 0 Å². The summed E-state index contributed by atoms with van der Waals surface area (Å²) in [6.07, 6.45) is 3.56. The zero-order chi connectivity index (χ0) is 14.5. The van der Waals surface area contributed by atoms with Crippen LogP contribution >= 0.6 is 15.9 Å². The van der Waals surface area contributed by atoms with Gasteiger partial charge in [0, 0.05) is 24.0 Å². The molecule has 1 unspecified atom stereocenters. The van der Waals surface area contributed by atoms with E-state index in [1.165, 1.54) is 11.1 Å². The van der Waals surface area contributed by atoms with Crippen molar-refractivity contribution in [2.24, 2.45) is 7.05 Å². The minimum absolute atomic E-state index is 0.259. The van der Waals surface area contributed by atoms with Gasteiger partial charge in [0.1, 0.15) is 12.2 Å². The second kappa shape index (κ2) is 6.99. The van der Waals surface area contributed by atoms with E-state index < -0.39 is 0 Å². The molecule has 0 radical (unpaired) electrons. The fourth-order valence-electron chi connectivity index (χ4n) is 2.14. The average Bonchev–Trinajstić information content (AvgIpc) is 2.83. The fourth-order valence-corrected chi connectivity index (χ4v) is 2.54. The summed E-state index contributed by atoms with van der Waals surface area (Å²) in [4.78, 5) is 4.33. The number of nitrogens with one attached hydrogen (secondary N) is 1. The van der Waals surface area contributed by atoms with Crippen molar-refractivity contribution in [2.45, 2.75) is 32.7 Å². The van der Waals surface area contributed by atoms with Gasteiger partial charge in [-0.15, -0.1) is 0 Å². The summed E-state index contributed by atoms with van der Waals surface area (Å²) in [7, 11) is 1.93. The molecule has 0 amide bonds. The summed E-state index contributed by atoms with van der Waals surface area (Å²) in [5.74, 6) is 0.996. The van der Waals surface area contributed by atoms with Gasteiger partial charge >= 0.3 is 0 Å². The smallest absolute Gasteiger partial charge is 0.138 e. The predicted molar refractivity (Wildman–Crippen MR) is 84.6 cm³/mol. The van der Waals surface area contributed by atoms with Gasteiger partial charge in [-0.2, -0.15) is 5.10 Å². The first-order valence-corrected chi connectivity index (χ1v) is 7.73. The van der Waals surface area contributed by atoms with Crippen molar-refractivity contribution in [1.29, 1.82) is 0 Å². The molecule has 0 saturated carbocycles. The van der Waals surface area contributed by atoms with Crippen molar-refractivity contribution in [3.63, 3.8) is 0 Å². The first-order valence-electron chi connectivity index (χ1n) is 6.94. The van der Waals surface area contributed by atoms with E-state index in [4.69, 9.17) is 0 Å². The zero-order valence-corrected chi connectivity index (χ0v) is 13.8. The van der Waals surface area contributed by atoms with Crippen molar-refractivity contribution >= 4 is 15.9 Å². The van der Waals surface area contributed by atoms with E-state index in [1.807, 2.05) is 11.7 Å². The highest BCUT2D eigenvalue weighted by atomic mass is 79.9. The van der Waals surface area contributed by atoms with Gasteiger partial charge in [-0.05, 0) is 37.1 Å². The van der Waals surface area contributed by atoms with Crippen LogP contribution in [0, 0.1) is 6.92 Å². The highest BCUT2D eigenvalue weighted by molar-refractivity contribution is 9.10. The van der Waals surface area contributed by atoms with Crippen LogP contribution in [0.2, 0.25) is 0 Å². The minimum Gasteiger partial charge on any atom is -0.310 e. The van der Waals surface area contributed by atoms with Crippen molar-refractivity contribution in [3.8, 4) is 0 Å². The maximum Gasteiger partial charge on any atom is 0.138 e. The molecular formula is C15H21BrN4. The molecule has 2 rings (SSSR count). The Balaban J connectivity index is 2.22. The summed E-state index contributed by atoms with van der Waals surface area (Å²) in [5, 5.41) is 7.74. The molecule has 1 aromatic heterocycles. The number of halogens is 1. The Kier molecular flexibility index (Phi) is 5.31. The summed E-state index contributed by atoms with van der Waals surface area (Å²) >= 11 is 3.61. The van der Waals surface area contributed by atoms with Gasteiger partial charge in [0.05, 0.1) is 0 Å². The molecule has 0 bridgehead atoms. The lowest BCUT2D eigenvalue weighted by Gasteiger charge is -2.19. The third kappa shape index (κ3) is 3.67. The van der Waals surface area contributed by atoms with E-state index in [9.17, 15) is 0 Å². The van der Waals surface area contributed by atoms with E-state index in [0.29, 0.717) is 0 Å². The molecule has 0 aliphatic carbocycles. The van der Waals surface area contributed by atoms with Gasteiger partial charge in [0.15, 0.2) is 0 Å². The summed E-state index contributed by atoms with van der Waals surface area (Å²) in [5.41, 5.74) is 2.53. The molecule has 0 fully saturated rings. The molecule has 1 aromatic carbocycles. The summed E-state index contributed by atoms with van der Waals surface area (Å²) in [6.45, 7) is 5.27. The molecule has 0 spiro atoms. The largest absolute Gasteiger partial charge is 0.310 e. The van der Waals surface area contributed by atoms with Crippen molar-refractivity contribution < 1.29 is 0 Å². The van der Waals surface area contributed by atoms with E-state index in [0.717, 1.165) is 29.7 Å². The van der Waals surface area contributed by atoms with Crippen LogP contribution in [0.5, 0.6) is 0 Å². The first kappa shape index (κ1) is 15.2. The zero-order valence-electron chi connectivity index (χ0n) is 12.2. The normalized spacial score (nSPS) is 12.6. The Morgan fingerprint density at radius 3 is 2.80 bits per heavy atom. The number of benzene rings is 1. The molecule has 4 nitrogen and oxygen atoms in total. The molecule has 20 heavy (non-hydrogen) atoms. The number of hydrogen-bond acceptors (Lipinski definition) is 3. The van der Waals surface area contributed by atoms with Crippen molar-refractivity contribution in [2.75, 3.05) is 6.54 Å². The number of hydrogen-bond donors (Lipinski definition) is 1. The van der Waals surface area contributed by atoms with Crippen LogP contribution < -0.4 is 5.32 Å². The van der Waals surface area contributed by atoms with Crippen LogP contribution in [0.15, 0.2) is 29.0 Å². The number of nitrogens with zero attached hydrogens (tertiary/aromatic N) is 3. The molecule has 0 aliphatic heterocycles. The van der Waals surface area contributed by atoms with Crippen molar-refractivity contribution in [3.05, 3.63) is 46.0 Å². The number of aryl methyl sites for hydroxylation is 2. The topological polar surface area (TPSA) is 42.7 Å². The average molecular weight is 337 g/mol. The van der Waals surface area contributed by atoms with E-state index in [1.54, 1.807) is 6.33 Å². The van der Waals surface area contributed by atoms with Crippen molar-refractivity contribution in [1.82, 2.24) is 20.1 Å². The van der Waals surface area contributed by atoms with Gasteiger partial charge in [0.2, 0.25) is 0 Å². The minimum atomic E-state index is 0.259. The molecule has 1 atom stereocenters. The van der Waals surface area contributed by atoms with Gasteiger partial charge in [-0.3, -0.25) is 4.68 Å². The fraction of sp³-hybridized carbons (Fsp3) is 0.467. The van der Waals surface area contributed by atoms with Crippen LogP contribution in [-0.2, 0) is 13.5 Å². The standard InChI is InChI=1S/C15H21BrN4/c1-4-7-17-14(9-15-18-10-19-20(15)3)12-6-5-11(2)13(16)8-12/h5-6,8,10,14,17H,4,7,9H2,1-3H3. The maximum atomic E-state index is 4.33. The van der Waals surface area contributed by atoms with E-state index in [2.05, 4.69) is 63.4 Å². The molecule has 0 saturated heterocycles. The van der Waals surface area contributed by atoms with Crippen LogP contribution in [0.3, 0.4) is 0 Å². The summed E-state index contributed by atoms with van der Waals surface area (Å²) < 4.78 is 2.99. The number of aromatic nitrogens is 3. The molecular weight excluding hydrogens is 316 g/mol. The maximum absolute atomic E-state index is 4.33. The van der Waals surface area contributed by atoms with Crippen LogP contribution in [0.1, 0.15) is 36.3 Å². The molecule has 2 aromatic rings. The summed E-state index contributed by atoms with van der Waals surface area (Å²) in [6, 6.07) is 6.79. The SMILES string of the molecule is CCCNC(Cc1ncnn1C)c1ccc(C)c(Br)c1. The molecule has 108 valence electrons. The Bertz CT molecular complexity index is 565.